The van der Waals surface area contributed by atoms with Crippen LogP contribution < -0.4 is 4.90 Å². The Morgan fingerprint density at radius 3 is 2.72 bits per heavy atom. The van der Waals surface area contributed by atoms with E-state index in [1.54, 1.807) is 6.20 Å². The van der Waals surface area contributed by atoms with E-state index in [1.807, 2.05) is 13.0 Å². The molecule has 1 atom stereocenters. The van der Waals surface area contributed by atoms with E-state index in [9.17, 15) is 5.26 Å². The van der Waals surface area contributed by atoms with Crippen LogP contribution in [0.25, 0.3) is 0 Å². The SMILES string of the molecule is Cc1ccnc(N2CCC(C(C)(C)C)C2)c1C#N. The molecule has 0 radical (unpaired) electrons. The Hall–Kier alpha value is -1.56. The highest BCUT2D eigenvalue weighted by molar-refractivity contribution is 5.57. The van der Waals surface area contributed by atoms with Crippen LogP contribution in [0.4, 0.5) is 5.82 Å². The molecule has 0 aliphatic carbocycles. The lowest BCUT2D eigenvalue weighted by atomic mass is 9.80. The van der Waals surface area contributed by atoms with Gasteiger partial charge in [-0.3, -0.25) is 0 Å². The van der Waals surface area contributed by atoms with Gasteiger partial charge in [-0.1, -0.05) is 20.8 Å². The molecule has 3 nitrogen and oxygen atoms in total. The van der Waals surface area contributed by atoms with Gasteiger partial charge in [0, 0.05) is 19.3 Å². The summed E-state index contributed by atoms with van der Waals surface area (Å²) in [5, 5.41) is 9.27. The summed E-state index contributed by atoms with van der Waals surface area (Å²) >= 11 is 0. The molecular weight excluding hydrogens is 222 g/mol. The number of rotatable bonds is 1. The Morgan fingerprint density at radius 1 is 1.44 bits per heavy atom. The Kier molecular flexibility index (Phi) is 3.30. The largest absolute Gasteiger partial charge is 0.355 e. The smallest absolute Gasteiger partial charge is 0.146 e. The topological polar surface area (TPSA) is 39.9 Å². The summed E-state index contributed by atoms with van der Waals surface area (Å²) in [4.78, 5) is 6.68. The van der Waals surface area contributed by atoms with Crippen molar-refractivity contribution in [2.24, 2.45) is 11.3 Å². The molecule has 0 bridgehead atoms. The summed E-state index contributed by atoms with van der Waals surface area (Å²) < 4.78 is 0. The Balaban J connectivity index is 2.26. The zero-order chi connectivity index (χ0) is 13.3. The predicted octanol–water partition coefficient (Wildman–Crippen LogP) is 3.13. The molecule has 1 aromatic heterocycles. The maximum absolute atomic E-state index is 9.27. The van der Waals surface area contributed by atoms with Gasteiger partial charge < -0.3 is 4.90 Å². The fourth-order valence-electron chi connectivity index (χ4n) is 2.58. The normalized spacial score (nSPS) is 19.9. The predicted molar refractivity (Wildman–Crippen MR) is 73.5 cm³/mol. The van der Waals surface area contributed by atoms with Gasteiger partial charge in [0.15, 0.2) is 0 Å². The van der Waals surface area contributed by atoms with Crippen LogP contribution in [-0.4, -0.2) is 18.1 Å². The summed E-state index contributed by atoms with van der Waals surface area (Å²) in [6, 6.07) is 4.19. The summed E-state index contributed by atoms with van der Waals surface area (Å²) in [5.74, 6) is 1.54. The minimum atomic E-state index is 0.325. The first kappa shape index (κ1) is 12.9. The van der Waals surface area contributed by atoms with E-state index >= 15 is 0 Å². The highest BCUT2D eigenvalue weighted by Gasteiger charge is 2.33. The van der Waals surface area contributed by atoms with Crippen LogP contribution in [0.2, 0.25) is 0 Å². The average Bonchev–Trinajstić information content (AvgIpc) is 2.77. The first-order valence-electron chi connectivity index (χ1n) is 6.54. The van der Waals surface area contributed by atoms with Crippen molar-refractivity contribution in [3.63, 3.8) is 0 Å². The van der Waals surface area contributed by atoms with Crippen LogP contribution in [0, 0.1) is 29.6 Å². The molecule has 0 amide bonds. The fraction of sp³-hybridized carbons (Fsp3) is 0.600. The molecule has 0 aromatic carbocycles. The zero-order valence-corrected chi connectivity index (χ0v) is 11.7. The molecule has 3 heteroatoms. The number of aromatic nitrogens is 1. The van der Waals surface area contributed by atoms with Gasteiger partial charge in [0.1, 0.15) is 11.9 Å². The van der Waals surface area contributed by atoms with Crippen molar-refractivity contribution in [3.05, 3.63) is 23.4 Å². The second-order valence-corrected chi connectivity index (χ2v) is 6.24. The maximum atomic E-state index is 9.27. The van der Waals surface area contributed by atoms with Crippen LogP contribution in [0.3, 0.4) is 0 Å². The van der Waals surface area contributed by atoms with Crippen molar-refractivity contribution in [2.45, 2.75) is 34.1 Å². The summed E-state index contributed by atoms with van der Waals surface area (Å²) in [7, 11) is 0. The number of hydrogen-bond acceptors (Lipinski definition) is 3. The molecule has 2 heterocycles. The van der Waals surface area contributed by atoms with Gasteiger partial charge in [0.25, 0.3) is 0 Å². The third-order valence-electron chi connectivity index (χ3n) is 3.96. The van der Waals surface area contributed by atoms with Gasteiger partial charge in [-0.2, -0.15) is 5.26 Å². The van der Waals surface area contributed by atoms with Crippen molar-refractivity contribution in [2.75, 3.05) is 18.0 Å². The minimum absolute atomic E-state index is 0.325. The van der Waals surface area contributed by atoms with Gasteiger partial charge in [0.05, 0.1) is 5.56 Å². The molecule has 96 valence electrons. The molecule has 0 spiro atoms. The van der Waals surface area contributed by atoms with Crippen molar-refractivity contribution in [1.29, 1.82) is 5.26 Å². The monoisotopic (exact) mass is 243 g/mol. The van der Waals surface area contributed by atoms with Gasteiger partial charge in [-0.15, -0.1) is 0 Å². The van der Waals surface area contributed by atoms with Gasteiger partial charge in [-0.25, -0.2) is 4.98 Å². The van der Waals surface area contributed by atoms with Gasteiger partial charge >= 0.3 is 0 Å². The molecule has 0 N–H and O–H groups in total. The quantitative estimate of drug-likeness (QED) is 0.760. The van der Waals surface area contributed by atoms with Crippen LogP contribution >= 0.6 is 0 Å². The third kappa shape index (κ3) is 2.33. The van der Waals surface area contributed by atoms with Crippen LogP contribution in [0.5, 0.6) is 0 Å². The van der Waals surface area contributed by atoms with Gasteiger partial charge in [-0.05, 0) is 36.3 Å². The van der Waals surface area contributed by atoms with Crippen molar-refractivity contribution >= 4 is 5.82 Å². The molecule has 1 aromatic rings. The van der Waals surface area contributed by atoms with E-state index < -0.39 is 0 Å². The van der Waals surface area contributed by atoms with Crippen LogP contribution in [-0.2, 0) is 0 Å². The van der Waals surface area contributed by atoms with E-state index in [0.717, 1.165) is 30.0 Å². The van der Waals surface area contributed by atoms with E-state index in [1.165, 1.54) is 6.42 Å². The molecule has 1 aliphatic heterocycles. The summed E-state index contributed by atoms with van der Waals surface area (Å²) in [6.45, 7) is 10.9. The second kappa shape index (κ2) is 4.61. The minimum Gasteiger partial charge on any atom is -0.355 e. The Labute approximate surface area is 109 Å². The maximum Gasteiger partial charge on any atom is 0.146 e. The molecule has 1 fully saturated rings. The lowest BCUT2D eigenvalue weighted by molar-refractivity contribution is 0.263. The third-order valence-corrected chi connectivity index (χ3v) is 3.96. The van der Waals surface area contributed by atoms with Crippen LogP contribution in [0.15, 0.2) is 12.3 Å². The Morgan fingerprint density at radius 2 is 2.17 bits per heavy atom. The molecule has 1 aliphatic rings. The van der Waals surface area contributed by atoms with Crippen LogP contribution in [0.1, 0.15) is 38.3 Å². The van der Waals surface area contributed by atoms with E-state index in [2.05, 4.69) is 36.7 Å². The zero-order valence-electron chi connectivity index (χ0n) is 11.7. The second-order valence-electron chi connectivity index (χ2n) is 6.24. The van der Waals surface area contributed by atoms with E-state index in [0.29, 0.717) is 11.3 Å². The van der Waals surface area contributed by atoms with E-state index in [-0.39, 0.29) is 0 Å². The fourth-order valence-corrected chi connectivity index (χ4v) is 2.58. The average molecular weight is 243 g/mol. The lowest BCUT2D eigenvalue weighted by Gasteiger charge is -2.27. The summed E-state index contributed by atoms with van der Waals surface area (Å²) in [6.07, 6.45) is 2.99. The number of pyridine rings is 1. The number of anilines is 1. The van der Waals surface area contributed by atoms with Crippen molar-refractivity contribution in [3.8, 4) is 6.07 Å². The molecule has 1 unspecified atom stereocenters. The standard InChI is InChI=1S/C15H21N3/c1-11-5-7-17-14(13(11)9-16)18-8-6-12(10-18)15(2,3)4/h5,7,12H,6,8,10H2,1-4H3. The molecule has 1 saturated heterocycles. The molecule has 2 rings (SSSR count). The number of aryl methyl sites for hydroxylation is 1. The summed E-state index contributed by atoms with van der Waals surface area (Å²) in [5.41, 5.74) is 2.07. The highest BCUT2D eigenvalue weighted by atomic mass is 15.2. The first-order chi connectivity index (χ1) is 8.43. The van der Waals surface area contributed by atoms with Crippen molar-refractivity contribution < 1.29 is 0 Å². The number of nitrogens with zero attached hydrogens (tertiary/aromatic N) is 3. The molecule has 0 saturated carbocycles. The van der Waals surface area contributed by atoms with Gasteiger partial charge in [0.2, 0.25) is 0 Å². The molecule has 18 heavy (non-hydrogen) atoms. The van der Waals surface area contributed by atoms with Crippen molar-refractivity contribution in [1.82, 2.24) is 4.98 Å². The molecular formula is C15H21N3. The highest BCUT2D eigenvalue weighted by Crippen LogP contribution is 2.36. The first-order valence-corrected chi connectivity index (χ1v) is 6.54. The Bertz CT molecular complexity index is 479. The van der Waals surface area contributed by atoms with E-state index in [4.69, 9.17) is 0 Å². The lowest BCUT2D eigenvalue weighted by Crippen LogP contribution is -2.27. The number of nitriles is 1. The number of hydrogen-bond donors (Lipinski definition) is 0.